The third kappa shape index (κ3) is 4.97. The molecule has 1 aromatic rings. The van der Waals surface area contributed by atoms with Crippen LogP contribution in [-0.4, -0.2) is 23.4 Å². The molecule has 0 unspecified atom stereocenters. The number of rotatable bonds is 7. The van der Waals surface area contributed by atoms with Crippen molar-refractivity contribution in [3.8, 4) is 0 Å². The van der Waals surface area contributed by atoms with Crippen molar-refractivity contribution >= 4 is 17.3 Å². The Morgan fingerprint density at radius 3 is 2.65 bits per heavy atom. The predicted molar refractivity (Wildman–Crippen MR) is 78.9 cm³/mol. The van der Waals surface area contributed by atoms with E-state index in [0.29, 0.717) is 36.7 Å². The van der Waals surface area contributed by atoms with Gasteiger partial charge in [0.25, 0.3) is 5.69 Å². The highest BCUT2D eigenvalue weighted by Crippen LogP contribution is 2.23. The molecule has 2 N–H and O–H groups in total. The van der Waals surface area contributed by atoms with E-state index >= 15 is 0 Å². The SMILES string of the molecule is CCc1ccc(NC(=O)CCNC(C)C)cc1[N+](=O)[O-]. The van der Waals surface area contributed by atoms with Gasteiger partial charge in [0.2, 0.25) is 5.91 Å². The van der Waals surface area contributed by atoms with Crippen LogP contribution in [0.25, 0.3) is 0 Å². The highest BCUT2D eigenvalue weighted by atomic mass is 16.6. The summed E-state index contributed by atoms with van der Waals surface area (Å²) >= 11 is 0. The average molecular weight is 279 g/mol. The molecule has 0 saturated carbocycles. The largest absolute Gasteiger partial charge is 0.326 e. The summed E-state index contributed by atoms with van der Waals surface area (Å²) in [5, 5.41) is 16.8. The first-order valence-corrected chi connectivity index (χ1v) is 6.74. The Balaban J connectivity index is 2.66. The van der Waals surface area contributed by atoms with Gasteiger partial charge in [-0.15, -0.1) is 0 Å². The van der Waals surface area contributed by atoms with Crippen LogP contribution in [0.5, 0.6) is 0 Å². The van der Waals surface area contributed by atoms with Crippen molar-refractivity contribution in [1.29, 1.82) is 0 Å². The van der Waals surface area contributed by atoms with Gasteiger partial charge in [0, 0.05) is 36.3 Å². The molecule has 0 aliphatic carbocycles. The Morgan fingerprint density at radius 2 is 2.10 bits per heavy atom. The zero-order chi connectivity index (χ0) is 15.1. The predicted octanol–water partition coefficient (Wildman–Crippen LogP) is 2.48. The number of nitrogens with one attached hydrogen (secondary N) is 2. The van der Waals surface area contributed by atoms with Crippen LogP contribution >= 0.6 is 0 Å². The molecule has 6 heteroatoms. The van der Waals surface area contributed by atoms with Crippen LogP contribution in [0.4, 0.5) is 11.4 Å². The number of carbonyl (C=O) groups excluding carboxylic acids is 1. The third-order valence-corrected chi connectivity index (χ3v) is 2.85. The van der Waals surface area contributed by atoms with E-state index in [1.165, 1.54) is 6.07 Å². The number of nitrogens with zero attached hydrogens (tertiary/aromatic N) is 1. The van der Waals surface area contributed by atoms with Gasteiger partial charge in [-0.25, -0.2) is 0 Å². The maximum Gasteiger partial charge on any atom is 0.274 e. The summed E-state index contributed by atoms with van der Waals surface area (Å²) in [5.74, 6) is -0.156. The lowest BCUT2D eigenvalue weighted by molar-refractivity contribution is -0.385. The van der Waals surface area contributed by atoms with Crippen LogP contribution in [0.2, 0.25) is 0 Å². The van der Waals surface area contributed by atoms with Gasteiger partial charge in [0.05, 0.1) is 4.92 Å². The molecule has 0 radical (unpaired) electrons. The first-order chi connectivity index (χ1) is 9.43. The van der Waals surface area contributed by atoms with Crippen molar-refractivity contribution in [2.75, 3.05) is 11.9 Å². The maximum atomic E-state index is 11.7. The molecule has 6 nitrogen and oxygen atoms in total. The summed E-state index contributed by atoms with van der Waals surface area (Å²) in [6, 6.07) is 5.11. The number of carbonyl (C=O) groups is 1. The first kappa shape index (κ1) is 16.1. The lowest BCUT2D eigenvalue weighted by Crippen LogP contribution is -2.27. The second-order valence-corrected chi connectivity index (χ2v) is 4.86. The lowest BCUT2D eigenvalue weighted by Gasteiger charge is -2.09. The number of hydrogen-bond donors (Lipinski definition) is 2. The summed E-state index contributed by atoms with van der Waals surface area (Å²) in [5.41, 5.74) is 1.17. The number of nitro groups is 1. The van der Waals surface area contributed by atoms with Crippen LogP contribution in [0.15, 0.2) is 18.2 Å². The molecule has 1 rings (SSSR count). The summed E-state index contributed by atoms with van der Waals surface area (Å²) in [7, 11) is 0. The smallest absolute Gasteiger partial charge is 0.274 e. The highest BCUT2D eigenvalue weighted by Gasteiger charge is 2.14. The Labute approximate surface area is 118 Å². The molecule has 0 heterocycles. The fourth-order valence-corrected chi connectivity index (χ4v) is 1.81. The molecule has 0 atom stereocenters. The molecular weight excluding hydrogens is 258 g/mol. The van der Waals surface area contributed by atoms with Crippen molar-refractivity contribution in [3.63, 3.8) is 0 Å². The molecule has 0 bridgehead atoms. The zero-order valence-electron chi connectivity index (χ0n) is 12.1. The number of aryl methyl sites for hydroxylation is 1. The molecule has 0 fully saturated rings. The van der Waals surface area contributed by atoms with E-state index in [4.69, 9.17) is 0 Å². The quantitative estimate of drug-likeness (QED) is 0.593. The van der Waals surface area contributed by atoms with Crippen molar-refractivity contribution in [3.05, 3.63) is 33.9 Å². The van der Waals surface area contributed by atoms with E-state index in [2.05, 4.69) is 10.6 Å². The van der Waals surface area contributed by atoms with E-state index in [1.54, 1.807) is 12.1 Å². The minimum atomic E-state index is -0.422. The summed E-state index contributed by atoms with van der Waals surface area (Å²) in [6.07, 6.45) is 0.921. The van der Waals surface area contributed by atoms with Gasteiger partial charge in [-0.3, -0.25) is 14.9 Å². The molecule has 1 aromatic carbocycles. The molecular formula is C14H21N3O3. The summed E-state index contributed by atoms with van der Waals surface area (Å²) in [4.78, 5) is 22.2. The average Bonchev–Trinajstić information content (AvgIpc) is 2.38. The standard InChI is InChI=1S/C14H21N3O3/c1-4-11-5-6-12(9-13(11)17(19)20)16-14(18)7-8-15-10(2)3/h5-6,9-10,15H,4,7-8H2,1-3H3,(H,16,18). The first-order valence-electron chi connectivity index (χ1n) is 6.74. The number of anilines is 1. The second kappa shape index (κ2) is 7.59. The number of nitro benzene ring substituents is 1. The molecule has 0 saturated heterocycles. The second-order valence-electron chi connectivity index (χ2n) is 4.86. The number of benzene rings is 1. The minimum absolute atomic E-state index is 0.0469. The van der Waals surface area contributed by atoms with Gasteiger partial charge in [-0.05, 0) is 12.5 Å². The zero-order valence-corrected chi connectivity index (χ0v) is 12.1. The molecule has 0 aliphatic rings. The Bertz CT molecular complexity index is 487. The molecule has 0 spiro atoms. The molecule has 110 valence electrons. The van der Waals surface area contributed by atoms with Crippen molar-refractivity contribution < 1.29 is 9.72 Å². The van der Waals surface area contributed by atoms with Gasteiger partial charge >= 0.3 is 0 Å². The van der Waals surface area contributed by atoms with Gasteiger partial charge in [0.15, 0.2) is 0 Å². The fraction of sp³-hybridized carbons (Fsp3) is 0.500. The van der Waals surface area contributed by atoms with Gasteiger partial charge < -0.3 is 10.6 Å². The molecule has 0 aliphatic heterocycles. The minimum Gasteiger partial charge on any atom is -0.326 e. The third-order valence-electron chi connectivity index (χ3n) is 2.85. The van der Waals surface area contributed by atoms with Crippen molar-refractivity contribution in [2.45, 2.75) is 39.7 Å². The molecule has 0 aromatic heterocycles. The van der Waals surface area contributed by atoms with Crippen LogP contribution < -0.4 is 10.6 Å². The Kier molecular flexibility index (Phi) is 6.11. The number of hydrogen-bond acceptors (Lipinski definition) is 4. The van der Waals surface area contributed by atoms with E-state index in [0.717, 1.165) is 0 Å². The van der Waals surface area contributed by atoms with E-state index in [-0.39, 0.29) is 11.6 Å². The normalized spacial score (nSPS) is 10.6. The van der Waals surface area contributed by atoms with Gasteiger partial charge in [-0.2, -0.15) is 0 Å². The maximum absolute atomic E-state index is 11.7. The van der Waals surface area contributed by atoms with Crippen LogP contribution in [0, 0.1) is 10.1 Å². The van der Waals surface area contributed by atoms with Gasteiger partial charge in [-0.1, -0.05) is 26.8 Å². The topological polar surface area (TPSA) is 84.3 Å². The van der Waals surface area contributed by atoms with Crippen LogP contribution in [-0.2, 0) is 11.2 Å². The van der Waals surface area contributed by atoms with Crippen molar-refractivity contribution in [1.82, 2.24) is 5.32 Å². The Hall–Kier alpha value is -1.95. The van der Waals surface area contributed by atoms with Gasteiger partial charge in [0.1, 0.15) is 0 Å². The molecule has 1 amide bonds. The van der Waals surface area contributed by atoms with Crippen LogP contribution in [0.1, 0.15) is 32.8 Å². The lowest BCUT2D eigenvalue weighted by atomic mass is 10.1. The summed E-state index contributed by atoms with van der Waals surface area (Å²) in [6.45, 7) is 6.45. The Morgan fingerprint density at radius 1 is 1.40 bits per heavy atom. The molecule has 20 heavy (non-hydrogen) atoms. The van der Waals surface area contributed by atoms with Crippen molar-refractivity contribution in [2.24, 2.45) is 0 Å². The fourth-order valence-electron chi connectivity index (χ4n) is 1.81. The summed E-state index contributed by atoms with van der Waals surface area (Å²) < 4.78 is 0. The van der Waals surface area contributed by atoms with E-state index < -0.39 is 4.92 Å². The monoisotopic (exact) mass is 279 g/mol. The van der Waals surface area contributed by atoms with E-state index in [1.807, 2.05) is 20.8 Å². The highest BCUT2D eigenvalue weighted by molar-refractivity contribution is 5.91. The number of amides is 1. The van der Waals surface area contributed by atoms with E-state index in [9.17, 15) is 14.9 Å². The van der Waals surface area contributed by atoms with Crippen LogP contribution in [0.3, 0.4) is 0 Å².